The molecule has 0 unspecified atom stereocenters. The summed E-state index contributed by atoms with van der Waals surface area (Å²) in [5.74, 6) is 1.91. The van der Waals surface area contributed by atoms with Gasteiger partial charge in [0.05, 0.1) is 22.1 Å². The molecular formula is C44H35BN2O. The lowest BCUT2D eigenvalue weighted by Gasteiger charge is -2.33. The monoisotopic (exact) mass is 618 g/mol. The molecule has 0 aliphatic carbocycles. The van der Waals surface area contributed by atoms with Crippen molar-refractivity contribution in [3.63, 3.8) is 0 Å². The van der Waals surface area contributed by atoms with Gasteiger partial charge in [-0.15, -0.1) is 0 Å². The Labute approximate surface area is 279 Å². The maximum atomic E-state index is 6.57. The maximum Gasteiger partial charge on any atom is 0.256 e. The van der Waals surface area contributed by atoms with Gasteiger partial charge in [-0.25, -0.2) is 0 Å². The molecule has 0 saturated carbocycles. The van der Waals surface area contributed by atoms with E-state index in [1.165, 1.54) is 93.1 Å². The van der Waals surface area contributed by atoms with Crippen LogP contribution < -0.4 is 21.1 Å². The van der Waals surface area contributed by atoms with E-state index in [9.17, 15) is 0 Å². The molecule has 0 radical (unpaired) electrons. The van der Waals surface area contributed by atoms with E-state index in [0.717, 1.165) is 11.5 Å². The van der Waals surface area contributed by atoms with Crippen molar-refractivity contribution < 1.29 is 4.74 Å². The van der Waals surface area contributed by atoms with Gasteiger partial charge in [-0.1, -0.05) is 90.1 Å². The van der Waals surface area contributed by atoms with Crippen molar-refractivity contribution in [3.8, 4) is 17.2 Å². The molecule has 0 bridgehead atoms. The Balaban J connectivity index is 1.33. The van der Waals surface area contributed by atoms with Crippen LogP contribution in [0.5, 0.6) is 11.5 Å². The van der Waals surface area contributed by atoms with E-state index in [1.54, 1.807) is 0 Å². The highest BCUT2D eigenvalue weighted by atomic mass is 16.5. The molecule has 3 nitrogen and oxygen atoms in total. The van der Waals surface area contributed by atoms with E-state index >= 15 is 0 Å². The molecule has 0 amide bonds. The van der Waals surface area contributed by atoms with Crippen LogP contribution in [-0.4, -0.2) is 15.7 Å². The van der Waals surface area contributed by atoms with Crippen LogP contribution in [0.15, 0.2) is 103 Å². The summed E-state index contributed by atoms with van der Waals surface area (Å²) in [4.78, 5) is 0. The molecule has 5 heterocycles. The van der Waals surface area contributed by atoms with E-state index < -0.39 is 0 Å². The third-order valence-corrected chi connectivity index (χ3v) is 11.4. The summed E-state index contributed by atoms with van der Waals surface area (Å²) in [7, 11) is 0. The van der Waals surface area contributed by atoms with Crippen LogP contribution in [0.2, 0.25) is 0 Å². The molecular weight excluding hydrogens is 583 g/mol. The minimum Gasteiger partial charge on any atom is -0.458 e. The van der Waals surface area contributed by atoms with Gasteiger partial charge in [0.15, 0.2) is 0 Å². The van der Waals surface area contributed by atoms with Gasteiger partial charge in [-0.05, 0) is 92.9 Å². The minimum atomic E-state index is 0.0261. The first-order chi connectivity index (χ1) is 23.1. The molecule has 2 aliphatic rings. The van der Waals surface area contributed by atoms with Gasteiger partial charge in [0.1, 0.15) is 11.5 Å². The molecule has 48 heavy (non-hydrogen) atoms. The van der Waals surface area contributed by atoms with E-state index in [1.807, 2.05) is 0 Å². The van der Waals surface area contributed by atoms with Crippen LogP contribution in [0.3, 0.4) is 0 Å². The molecule has 4 heteroatoms. The maximum absolute atomic E-state index is 6.57. The van der Waals surface area contributed by atoms with E-state index in [-0.39, 0.29) is 17.5 Å². The van der Waals surface area contributed by atoms with Gasteiger partial charge < -0.3 is 13.7 Å². The van der Waals surface area contributed by atoms with Crippen molar-refractivity contribution in [2.24, 2.45) is 0 Å². The summed E-state index contributed by atoms with van der Waals surface area (Å²) in [5.41, 5.74) is 14.3. The Bertz CT molecular complexity index is 2890. The van der Waals surface area contributed by atoms with Crippen LogP contribution in [-0.2, 0) is 10.8 Å². The van der Waals surface area contributed by atoms with Gasteiger partial charge in [0, 0.05) is 43.5 Å². The summed E-state index contributed by atoms with van der Waals surface area (Å²) in [6.07, 6.45) is 0. The Hall–Kier alpha value is -5.22. The fourth-order valence-corrected chi connectivity index (χ4v) is 9.03. The van der Waals surface area contributed by atoms with Crippen molar-refractivity contribution in [2.75, 3.05) is 0 Å². The molecule has 3 aromatic heterocycles. The Morgan fingerprint density at radius 1 is 0.500 bits per heavy atom. The lowest BCUT2D eigenvalue weighted by molar-refractivity contribution is 0.487. The number of rotatable bonds is 0. The van der Waals surface area contributed by atoms with Gasteiger partial charge in [-0.2, -0.15) is 0 Å². The van der Waals surface area contributed by atoms with Crippen molar-refractivity contribution in [3.05, 3.63) is 114 Å². The number of aromatic nitrogens is 2. The number of fused-ring (bicyclic) bond motifs is 13. The summed E-state index contributed by atoms with van der Waals surface area (Å²) >= 11 is 0. The molecule has 0 N–H and O–H groups in total. The number of ether oxygens (including phenoxy) is 1. The first kappa shape index (κ1) is 26.8. The first-order valence-electron chi connectivity index (χ1n) is 17.2. The molecule has 0 atom stereocenters. The van der Waals surface area contributed by atoms with Crippen molar-refractivity contribution in [1.82, 2.24) is 8.97 Å². The summed E-state index contributed by atoms with van der Waals surface area (Å²) in [5, 5.41) is 7.97. The smallest absolute Gasteiger partial charge is 0.256 e. The van der Waals surface area contributed by atoms with Crippen molar-refractivity contribution in [1.29, 1.82) is 0 Å². The average molecular weight is 619 g/mol. The van der Waals surface area contributed by atoms with Crippen LogP contribution >= 0.6 is 0 Å². The summed E-state index contributed by atoms with van der Waals surface area (Å²) < 4.78 is 11.6. The van der Waals surface area contributed by atoms with Crippen LogP contribution in [0.25, 0.3) is 65.6 Å². The number of nitrogens with zero attached hydrogens (tertiary/aromatic N) is 2. The third kappa shape index (κ3) is 3.17. The molecule has 6 aromatic carbocycles. The molecule has 0 saturated heterocycles. The second-order valence-electron chi connectivity index (χ2n) is 16.2. The highest BCUT2D eigenvalue weighted by Crippen LogP contribution is 2.46. The third-order valence-electron chi connectivity index (χ3n) is 11.4. The van der Waals surface area contributed by atoms with Gasteiger partial charge in [0.2, 0.25) is 0 Å². The van der Waals surface area contributed by atoms with E-state index in [4.69, 9.17) is 4.74 Å². The van der Waals surface area contributed by atoms with Gasteiger partial charge in [-0.3, -0.25) is 0 Å². The fourth-order valence-electron chi connectivity index (χ4n) is 9.03. The van der Waals surface area contributed by atoms with Crippen LogP contribution in [0.4, 0.5) is 0 Å². The molecule has 2 aliphatic heterocycles. The summed E-state index contributed by atoms with van der Waals surface area (Å²) in [6.45, 7) is 14.1. The predicted molar refractivity (Wildman–Crippen MR) is 204 cm³/mol. The molecule has 0 fully saturated rings. The Morgan fingerprint density at radius 3 is 1.96 bits per heavy atom. The van der Waals surface area contributed by atoms with Crippen molar-refractivity contribution >= 4 is 83.0 Å². The largest absolute Gasteiger partial charge is 0.458 e. The SMILES string of the molecule is CC(C)(C)c1ccc2c(c1)c1cc(C(C)(C)C)cc3c4cc5c6cccc7c6n(c5cc4n2c13)-c1cccc2c1B7c1ccccc1O2. The zero-order valence-corrected chi connectivity index (χ0v) is 28.2. The standard InChI is InChI=1S/C44H35BN2O/c1-43(2,3)24-17-18-34-27(19-24)30-20-25(44(4,5)6)21-31-29-22-28-26-11-9-13-33-42(26)47(36(28)23-37(29)46(34)41(30)31)35-14-10-16-39-40(35)45(33)32-12-7-8-15-38(32)48-39/h7-23H,1-6H3. The fraction of sp³-hybridized carbons (Fsp3) is 0.182. The van der Waals surface area contributed by atoms with E-state index in [0.29, 0.717) is 0 Å². The van der Waals surface area contributed by atoms with Gasteiger partial charge in [0.25, 0.3) is 6.71 Å². The van der Waals surface area contributed by atoms with Crippen LogP contribution in [0.1, 0.15) is 52.7 Å². The normalized spacial score (nSPS) is 14.2. The molecule has 0 spiro atoms. The predicted octanol–water partition coefficient (Wildman–Crippen LogP) is 9.46. The second kappa shape index (κ2) is 8.43. The van der Waals surface area contributed by atoms with Gasteiger partial charge >= 0.3 is 0 Å². The highest BCUT2D eigenvalue weighted by Gasteiger charge is 2.40. The first-order valence-corrected chi connectivity index (χ1v) is 17.2. The summed E-state index contributed by atoms with van der Waals surface area (Å²) in [6, 6.07) is 39.1. The zero-order chi connectivity index (χ0) is 32.4. The zero-order valence-electron chi connectivity index (χ0n) is 28.2. The minimum absolute atomic E-state index is 0.0261. The number of para-hydroxylation sites is 2. The number of hydrogen-bond acceptors (Lipinski definition) is 1. The number of hydrogen-bond donors (Lipinski definition) is 0. The van der Waals surface area contributed by atoms with Crippen LogP contribution in [0, 0.1) is 0 Å². The molecule has 230 valence electrons. The Kier molecular flexibility index (Phi) is 4.71. The molecule has 11 rings (SSSR count). The lowest BCUT2D eigenvalue weighted by Crippen LogP contribution is -2.58. The second-order valence-corrected chi connectivity index (χ2v) is 16.2. The topological polar surface area (TPSA) is 18.6 Å². The lowest BCUT2D eigenvalue weighted by atomic mass is 9.34. The average Bonchev–Trinajstić information content (AvgIpc) is 3.69. The highest BCUT2D eigenvalue weighted by molar-refractivity contribution is 6.99. The van der Waals surface area contributed by atoms with Crippen molar-refractivity contribution in [2.45, 2.75) is 52.4 Å². The quantitative estimate of drug-likeness (QED) is 0.155. The Morgan fingerprint density at radius 2 is 1.17 bits per heavy atom. The molecule has 9 aromatic rings. The van der Waals surface area contributed by atoms with E-state index in [2.05, 4.69) is 154 Å². The number of benzene rings is 6.